The molecule has 0 bridgehead atoms. The standard InChI is InChI=1S/C31H42N2O7/c1-6-30(2,3)28(39)32-23(17-20-13-9-7-10-14-20)25(34)24(18-21-15-11-8-12-16-21)33-29(40)31(4,5)19-22(26(35)36)27(37)38/h7-16,22-25,34H,6,17-19H2,1-5H3,(H,32,39)(H,33,40)(H,35,36)(H,37,38). The van der Waals surface area contributed by atoms with Crippen LogP contribution in [0.15, 0.2) is 60.7 Å². The Morgan fingerprint density at radius 1 is 0.700 bits per heavy atom. The first-order valence-electron chi connectivity index (χ1n) is 13.5. The van der Waals surface area contributed by atoms with Crippen molar-refractivity contribution in [1.29, 1.82) is 0 Å². The molecule has 0 heterocycles. The van der Waals surface area contributed by atoms with Crippen molar-refractivity contribution in [2.45, 2.75) is 78.5 Å². The van der Waals surface area contributed by atoms with Gasteiger partial charge in [0.1, 0.15) is 0 Å². The second-order valence-corrected chi connectivity index (χ2v) is 11.6. The smallest absolute Gasteiger partial charge is 0.317 e. The van der Waals surface area contributed by atoms with E-state index in [1.807, 2.05) is 81.4 Å². The van der Waals surface area contributed by atoms with E-state index in [4.69, 9.17) is 0 Å². The second kappa shape index (κ2) is 14.1. The highest BCUT2D eigenvalue weighted by Crippen LogP contribution is 2.28. The average molecular weight is 555 g/mol. The van der Waals surface area contributed by atoms with E-state index in [9.17, 15) is 34.5 Å². The lowest BCUT2D eigenvalue weighted by Crippen LogP contribution is -2.58. The van der Waals surface area contributed by atoms with Gasteiger partial charge in [-0.15, -0.1) is 0 Å². The van der Waals surface area contributed by atoms with E-state index in [1.54, 1.807) is 0 Å². The number of benzene rings is 2. The number of hydrogen-bond donors (Lipinski definition) is 5. The normalized spacial score (nSPS) is 14.2. The number of carboxylic acids is 2. The molecule has 2 aromatic carbocycles. The molecule has 9 heteroatoms. The summed E-state index contributed by atoms with van der Waals surface area (Å²) in [6.45, 7) is 8.49. The van der Waals surface area contributed by atoms with Crippen molar-refractivity contribution in [2.24, 2.45) is 16.7 Å². The number of aliphatic carboxylic acids is 2. The summed E-state index contributed by atoms with van der Waals surface area (Å²) >= 11 is 0. The van der Waals surface area contributed by atoms with Crippen LogP contribution in [0.1, 0.15) is 58.6 Å². The Bertz CT molecular complexity index is 1130. The number of hydrogen-bond acceptors (Lipinski definition) is 5. The van der Waals surface area contributed by atoms with E-state index in [-0.39, 0.29) is 12.3 Å². The lowest BCUT2D eigenvalue weighted by molar-refractivity contribution is -0.156. The van der Waals surface area contributed by atoms with Crippen molar-refractivity contribution >= 4 is 23.8 Å². The highest BCUT2D eigenvalue weighted by atomic mass is 16.4. The molecule has 3 atom stereocenters. The van der Waals surface area contributed by atoms with Crippen LogP contribution < -0.4 is 10.6 Å². The van der Waals surface area contributed by atoms with E-state index >= 15 is 0 Å². The van der Waals surface area contributed by atoms with E-state index in [0.717, 1.165) is 11.1 Å². The molecular weight excluding hydrogens is 512 g/mol. The number of aliphatic hydroxyl groups excluding tert-OH is 1. The van der Waals surface area contributed by atoms with Gasteiger partial charge >= 0.3 is 11.9 Å². The first kappa shape index (κ1) is 32.5. The fourth-order valence-corrected chi connectivity index (χ4v) is 4.30. The Morgan fingerprint density at radius 2 is 1.07 bits per heavy atom. The molecule has 0 aliphatic heterocycles. The van der Waals surface area contributed by atoms with E-state index < -0.39 is 59.2 Å². The highest BCUT2D eigenvalue weighted by molar-refractivity contribution is 5.94. The van der Waals surface area contributed by atoms with E-state index in [2.05, 4.69) is 10.6 Å². The third kappa shape index (κ3) is 9.19. The number of carbonyl (C=O) groups excluding carboxylic acids is 2. The molecule has 0 radical (unpaired) electrons. The summed E-state index contributed by atoms with van der Waals surface area (Å²) in [5, 5.41) is 36.3. The zero-order valence-electron chi connectivity index (χ0n) is 23.9. The maximum Gasteiger partial charge on any atom is 0.317 e. The fourth-order valence-electron chi connectivity index (χ4n) is 4.30. The van der Waals surface area contributed by atoms with Crippen LogP contribution in [0.25, 0.3) is 0 Å². The summed E-state index contributed by atoms with van der Waals surface area (Å²) in [5.74, 6) is -5.65. The second-order valence-electron chi connectivity index (χ2n) is 11.6. The van der Waals surface area contributed by atoms with Crippen LogP contribution in [0.3, 0.4) is 0 Å². The minimum atomic E-state index is -1.76. The van der Waals surface area contributed by atoms with Crippen molar-refractivity contribution in [3.63, 3.8) is 0 Å². The zero-order chi connectivity index (χ0) is 30.1. The Labute approximate surface area is 236 Å². The Morgan fingerprint density at radius 3 is 1.43 bits per heavy atom. The molecule has 0 fully saturated rings. The summed E-state index contributed by atoms with van der Waals surface area (Å²) in [6.07, 6.45) is -0.556. The van der Waals surface area contributed by atoms with Gasteiger partial charge in [-0.05, 0) is 36.8 Å². The minimum Gasteiger partial charge on any atom is -0.481 e. The molecule has 0 aliphatic rings. The summed E-state index contributed by atoms with van der Waals surface area (Å²) in [7, 11) is 0. The molecule has 5 N–H and O–H groups in total. The number of aliphatic hydroxyl groups is 1. The maximum absolute atomic E-state index is 13.5. The van der Waals surface area contributed by atoms with Crippen LogP contribution in [0.5, 0.6) is 0 Å². The number of carbonyl (C=O) groups is 4. The van der Waals surface area contributed by atoms with Crippen LogP contribution in [-0.4, -0.2) is 57.3 Å². The van der Waals surface area contributed by atoms with Gasteiger partial charge in [-0.1, -0.05) is 95.3 Å². The molecule has 0 aliphatic carbocycles. The predicted octanol–water partition coefficient (Wildman–Crippen LogP) is 3.44. The maximum atomic E-state index is 13.5. The minimum absolute atomic E-state index is 0.226. The first-order chi connectivity index (χ1) is 18.7. The third-order valence-electron chi connectivity index (χ3n) is 7.48. The zero-order valence-corrected chi connectivity index (χ0v) is 23.9. The number of rotatable bonds is 15. The van der Waals surface area contributed by atoms with Gasteiger partial charge in [0.15, 0.2) is 5.92 Å². The van der Waals surface area contributed by atoms with Gasteiger partial charge in [-0.25, -0.2) is 0 Å². The summed E-state index contributed by atoms with van der Waals surface area (Å²) in [4.78, 5) is 49.6. The summed E-state index contributed by atoms with van der Waals surface area (Å²) < 4.78 is 0. The van der Waals surface area contributed by atoms with Crippen molar-refractivity contribution in [3.05, 3.63) is 71.8 Å². The SMILES string of the molecule is CCC(C)(C)C(=O)NC(Cc1ccccc1)C(O)C(Cc1ccccc1)NC(=O)C(C)(C)CC(C(=O)O)C(=O)O. The Kier molecular flexibility index (Phi) is 11.4. The van der Waals surface area contributed by atoms with Gasteiger partial charge < -0.3 is 26.0 Å². The molecule has 2 aromatic rings. The molecule has 40 heavy (non-hydrogen) atoms. The third-order valence-corrected chi connectivity index (χ3v) is 7.48. The number of carboxylic acid groups (broad SMARTS) is 2. The molecule has 0 spiro atoms. The molecule has 218 valence electrons. The number of amides is 2. The van der Waals surface area contributed by atoms with Gasteiger partial charge in [0, 0.05) is 10.8 Å². The topological polar surface area (TPSA) is 153 Å². The lowest BCUT2D eigenvalue weighted by atomic mass is 9.81. The molecule has 0 saturated carbocycles. The van der Waals surface area contributed by atoms with Crippen LogP contribution in [0.2, 0.25) is 0 Å². The van der Waals surface area contributed by atoms with Gasteiger partial charge in [0.25, 0.3) is 0 Å². The molecular formula is C31H42N2O7. The quantitative estimate of drug-likeness (QED) is 0.211. The van der Waals surface area contributed by atoms with Crippen LogP contribution >= 0.6 is 0 Å². The van der Waals surface area contributed by atoms with Crippen LogP contribution in [0, 0.1) is 16.7 Å². The van der Waals surface area contributed by atoms with Crippen LogP contribution in [-0.2, 0) is 32.0 Å². The fraction of sp³-hybridized carbons (Fsp3) is 0.484. The van der Waals surface area contributed by atoms with Gasteiger partial charge in [0.05, 0.1) is 18.2 Å². The van der Waals surface area contributed by atoms with E-state index in [0.29, 0.717) is 12.8 Å². The Hall–Kier alpha value is -3.72. The van der Waals surface area contributed by atoms with Gasteiger partial charge in [-0.2, -0.15) is 0 Å². The first-order valence-corrected chi connectivity index (χ1v) is 13.5. The van der Waals surface area contributed by atoms with E-state index in [1.165, 1.54) is 13.8 Å². The average Bonchev–Trinajstić information content (AvgIpc) is 2.91. The number of nitrogens with one attached hydrogen (secondary N) is 2. The molecule has 2 amide bonds. The summed E-state index contributed by atoms with van der Waals surface area (Å²) in [6, 6.07) is 17.0. The highest BCUT2D eigenvalue weighted by Gasteiger charge is 2.40. The molecule has 3 unspecified atom stereocenters. The van der Waals surface area contributed by atoms with Crippen molar-refractivity contribution < 1.29 is 34.5 Å². The van der Waals surface area contributed by atoms with Crippen molar-refractivity contribution in [3.8, 4) is 0 Å². The monoisotopic (exact) mass is 554 g/mol. The molecule has 0 aromatic heterocycles. The molecule has 9 nitrogen and oxygen atoms in total. The molecule has 0 saturated heterocycles. The Balaban J connectivity index is 2.42. The largest absolute Gasteiger partial charge is 0.481 e. The van der Waals surface area contributed by atoms with Crippen molar-refractivity contribution in [1.82, 2.24) is 10.6 Å². The molecule has 2 rings (SSSR count). The summed E-state index contributed by atoms with van der Waals surface area (Å²) in [5.41, 5.74) is -0.343. The van der Waals surface area contributed by atoms with Gasteiger partial charge in [-0.3, -0.25) is 19.2 Å². The van der Waals surface area contributed by atoms with Crippen LogP contribution in [0.4, 0.5) is 0 Å². The van der Waals surface area contributed by atoms with Crippen molar-refractivity contribution in [2.75, 3.05) is 0 Å². The lowest BCUT2D eigenvalue weighted by Gasteiger charge is -2.35. The predicted molar refractivity (Wildman–Crippen MR) is 151 cm³/mol. The van der Waals surface area contributed by atoms with Gasteiger partial charge in [0.2, 0.25) is 11.8 Å².